The second-order valence-electron chi connectivity index (χ2n) is 8.28. The molecule has 1 aromatic heterocycles. The van der Waals surface area contributed by atoms with Gasteiger partial charge in [-0.25, -0.2) is 0 Å². The van der Waals surface area contributed by atoms with Crippen molar-refractivity contribution in [2.24, 2.45) is 0 Å². The largest absolute Gasteiger partial charge is 0.456 e. The molecule has 32 heavy (non-hydrogen) atoms. The van der Waals surface area contributed by atoms with Crippen molar-refractivity contribution >= 4 is 70.2 Å². The highest BCUT2D eigenvalue weighted by Crippen LogP contribution is 2.41. The molecule has 0 bridgehead atoms. The normalized spacial score (nSPS) is 11.9. The van der Waals surface area contributed by atoms with Crippen LogP contribution < -0.4 is 0 Å². The van der Waals surface area contributed by atoms with Crippen LogP contribution in [0.5, 0.6) is 0 Å². The highest BCUT2D eigenvalue weighted by Gasteiger charge is 2.14. The predicted octanol–water partition coefficient (Wildman–Crippen LogP) is 9.48. The van der Waals surface area contributed by atoms with Crippen molar-refractivity contribution in [3.8, 4) is 11.1 Å². The summed E-state index contributed by atoms with van der Waals surface area (Å²) in [6.45, 7) is 0. The van der Waals surface area contributed by atoms with Gasteiger partial charge >= 0.3 is 0 Å². The van der Waals surface area contributed by atoms with E-state index in [0.29, 0.717) is 0 Å². The summed E-state index contributed by atoms with van der Waals surface area (Å²) in [5, 5.41) is 9.93. The maximum Gasteiger partial charge on any atom is 0.136 e. The minimum Gasteiger partial charge on any atom is -0.456 e. The molecule has 0 amide bonds. The topological polar surface area (TPSA) is 13.1 Å². The average molecular weight is 473 g/mol. The zero-order valence-electron chi connectivity index (χ0n) is 17.1. The van der Waals surface area contributed by atoms with E-state index in [1.807, 2.05) is 12.1 Å². The van der Waals surface area contributed by atoms with Crippen LogP contribution in [0, 0.1) is 0 Å². The van der Waals surface area contributed by atoms with E-state index < -0.39 is 0 Å². The lowest BCUT2D eigenvalue weighted by atomic mass is 9.90. The van der Waals surface area contributed by atoms with Gasteiger partial charge in [0.2, 0.25) is 0 Å². The van der Waals surface area contributed by atoms with Crippen LogP contribution in [0.25, 0.3) is 65.4 Å². The van der Waals surface area contributed by atoms with Gasteiger partial charge in [-0.15, -0.1) is 0 Å². The minimum absolute atomic E-state index is 0.904. The van der Waals surface area contributed by atoms with Gasteiger partial charge in [-0.1, -0.05) is 88.7 Å². The molecule has 2 heteroatoms. The molecule has 7 aromatic rings. The van der Waals surface area contributed by atoms with Crippen molar-refractivity contribution < 1.29 is 4.42 Å². The van der Waals surface area contributed by atoms with Crippen molar-refractivity contribution in [3.63, 3.8) is 0 Å². The first kappa shape index (κ1) is 18.0. The summed E-state index contributed by atoms with van der Waals surface area (Å²) >= 11 is 3.72. The van der Waals surface area contributed by atoms with Crippen LogP contribution >= 0.6 is 15.9 Å². The molecule has 0 radical (unpaired) electrons. The van der Waals surface area contributed by atoms with Gasteiger partial charge < -0.3 is 4.42 Å². The molecule has 7 rings (SSSR count). The third kappa shape index (κ3) is 2.50. The van der Waals surface area contributed by atoms with Crippen molar-refractivity contribution in [3.05, 3.63) is 108 Å². The Labute approximate surface area is 193 Å². The first-order valence-electron chi connectivity index (χ1n) is 10.7. The molecule has 0 N–H and O–H groups in total. The summed E-state index contributed by atoms with van der Waals surface area (Å²) in [5.41, 5.74) is 4.25. The monoisotopic (exact) mass is 472 g/mol. The van der Waals surface area contributed by atoms with E-state index in [4.69, 9.17) is 4.42 Å². The maximum atomic E-state index is 6.11. The number of hydrogen-bond acceptors (Lipinski definition) is 1. The highest BCUT2D eigenvalue weighted by molar-refractivity contribution is 9.10. The van der Waals surface area contributed by atoms with E-state index in [2.05, 4.69) is 107 Å². The number of hydrogen-bond donors (Lipinski definition) is 0. The van der Waals surface area contributed by atoms with E-state index in [1.165, 1.54) is 43.4 Å². The van der Waals surface area contributed by atoms with Gasteiger partial charge in [0.05, 0.1) is 0 Å². The fourth-order valence-electron chi connectivity index (χ4n) is 5.05. The first-order chi connectivity index (χ1) is 15.8. The molecule has 150 valence electrons. The van der Waals surface area contributed by atoms with E-state index in [9.17, 15) is 0 Å². The predicted molar refractivity (Wildman–Crippen MR) is 139 cm³/mol. The Hall–Kier alpha value is -3.62. The second kappa shape index (κ2) is 6.69. The fourth-order valence-corrected chi connectivity index (χ4v) is 5.61. The molecule has 0 saturated heterocycles. The summed E-state index contributed by atoms with van der Waals surface area (Å²) < 4.78 is 7.17. The fraction of sp³-hybridized carbons (Fsp3) is 0. The van der Waals surface area contributed by atoms with Crippen LogP contribution in [-0.2, 0) is 0 Å². The average Bonchev–Trinajstić information content (AvgIpc) is 3.22. The quantitative estimate of drug-likeness (QED) is 0.217. The standard InChI is InChI=1S/C30H17BrO/c31-27-10-5-11-29-30(27)26-16-19(13-15-28(26)32-29)24-17-25-20-7-2-1-6-18(20)12-14-23(25)21-8-3-4-9-22(21)24/h1-17H. The summed E-state index contributed by atoms with van der Waals surface area (Å²) in [7, 11) is 0. The summed E-state index contributed by atoms with van der Waals surface area (Å²) in [6.07, 6.45) is 0. The molecule has 0 saturated carbocycles. The van der Waals surface area contributed by atoms with Crippen LogP contribution in [0.15, 0.2) is 112 Å². The van der Waals surface area contributed by atoms with Crippen molar-refractivity contribution in [2.45, 2.75) is 0 Å². The van der Waals surface area contributed by atoms with Crippen LogP contribution in [0.2, 0.25) is 0 Å². The molecule has 0 fully saturated rings. The van der Waals surface area contributed by atoms with Crippen LogP contribution in [0.3, 0.4) is 0 Å². The van der Waals surface area contributed by atoms with Gasteiger partial charge in [0, 0.05) is 15.2 Å². The molecule has 0 aliphatic heterocycles. The van der Waals surface area contributed by atoms with Gasteiger partial charge in [-0.2, -0.15) is 0 Å². The van der Waals surface area contributed by atoms with E-state index in [1.54, 1.807) is 0 Å². The third-order valence-electron chi connectivity index (χ3n) is 6.52. The summed E-state index contributed by atoms with van der Waals surface area (Å²) in [4.78, 5) is 0. The first-order valence-corrected chi connectivity index (χ1v) is 11.5. The molecule has 1 nitrogen and oxygen atoms in total. The van der Waals surface area contributed by atoms with Gasteiger partial charge in [-0.05, 0) is 73.8 Å². The molecule has 0 spiro atoms. The SMILES string of the molecule is Brc1cccc2oc3ccc(-c4cc5c6ccccc6ccc5c5ccccc45)cc3c12. The molecule has 0 unspecified atom stereocenters. The van der Waals surface area contributed by atoms with Gasteiger partial charge in [-0.3, -0.25) is 0 Å². The number of rotatable bonds is 1. The molecule has 0 atom stereocenters. The van der Waals surface area contributed by atoms with Crippen LogP contribution in [-0.4, -0.2) is 0 Å². The molecule has 1 heterocycles. The van der Waals surface area contributed by atoms with Crippen molar-refractivity contribution in [1.82, 2.24) is 0 Å². The van der Waals surface area contributed by atoms with Crippen LogP contribution in [0.4, 0.5) is 0 Å². The lowest BCUT2D eigenvalue weighted by Gasteiger charge is -2.13. The number of furan rings is 1. The second-order valence-corrected chi connectivity index (χ2v) is 9.13. The Kier molecular flexibility index (Phi) is 3.76. The van der Waals surface area contributed by atoms with Gasteiger partial charge in [0.1, 0.15) is 11.2 Å². The number of benzene rings is 6. The number of fused-ring (bicyclic) bond motifs is 8. The van der Waals surface area contributed by atoms with E-state index in [0.717, 1.165) is 26.4 Å². The summed E-state index contributed by atoms with van der Waals surface area (Å²) in [5.74, 6) is 0. The van der Waals surface area contributed by atoms with E-state index >= 15 is 0 Å². The Morgan fingerprint density at radius 1 is 0.500 bits per heavy atom. The Morgan fingerprint density at radius 3 is 2.19 bits per heavy atom. The van der Waals surface area contributed by atoms with Crippen molar-refractivity contribution in [1.29, 1.82) is 0 Å². The van der Waals surface area contributed by atoms with Gasteiger partial charge in [0.15, 0.2) is 0 Å². The molecular weight excluding hydrogens is 456 g/mol. The Bertz CT molecular complexity index is 1840. The lowest BCUT2D eigenvalue weighted by molar-refractivity contribution is 0.669. The van der Waals surface area contributed by atoms with Gasteiger partial charge in [0.25, 0.3) is 0 Å². The molecular formula is C30H17BrO. The number of halogens is 1. The Morgan fingerprint density at radius 2 is 1.28 bits per heavy atom. The van der Waals surface area contributed by atoms with E-state index in [-0.39, 0.29) is 0 Å². The Balaban J connectivity index is 1.62. The summed E-state index contributed by atoms with van der Waals surface area (Å²) in [6, 6.07) is 36.8. The lowest BCUT2D eigenvalue weighted by Crippen LogP contribution is -1.86. The van der Waals surface area contributed by atoms with Crippen molar-refractivity contribution in [2.75, 3.05) is 0 Å². The molecule has 6 aromatic carbocycles. The zero-order chi connectivity index (χ0) is 21.2. The molecule has 0 aliphatic rings. The smallest absolute Gasteiger partial charge is 0.136 e. The van der Waals surface area contributed by atoms with Crippen LogP contribution in [0.1, 0.15) is 0 Å². The maximum absolute atomic E-state index is 6.11. The zero-order valence-corrected chi connectivity index (χ0v) is 18.7. The molecule has 0 aliphatic carbocycles. The minimum atomic E-state index is 0.904. The highest BCUT2D eigenvalue weighted by atomic mass is 79.9. The third-order valence-corrected chi connectivity index (χ3v) is 7.18.